The molecule has 2 rings (SSSR count). The Morgan fingerprint density at radius 2 is 1.90 bits per heavy atom. The van der Waals surface area contributed by atoms with Crippen LogP contribution < -0.4 is 10.6 Å². The second kappa shape index (κ2) is 2.19. The van der Waals surface area contributed by atoms with Gasteiger partial charge in [0.15, 0.2) is 0 Å². The topological polar surface area (TPSA) is 44.3 Å². The summed E-state index contributed by atoms with van der Waals surface area (Å²) in [7, 11) is 0. The average Bonchev–Trinajstić information content (AvgIpc) is 2.42. The van der Waals surface area contributed by atoms with E-state index in [-0.39, 0.29) is 5.41 Å². The fraction of sp³-hybridized carbons (Fsp3) is 1.00. The number of hydrogen-bond acceptors (Lipinski definition) is 3. The molecule has 0 atom stereocenters. The monoisotopic (exact) mass is 142 g/mol. The number of fused-ring (bicyclic) bond motifs is 1. The average molecular weight is 142 g/mol. The largest absolute Gasteiger partial charge is 0.396 e. The lowest BCUT2D eigenvalue weighted by atomic mass is 9.82. The van der Waals surface area contributed by atoms with Gasteiger partial charge in [-0.05, 0) is 19.0 Å². The van der Waals surface area contributed by atoms with Crippen molar-refractivity contribution in [1.29, 1.82) is 0 Å². The van der Waals surface area contributed by atoms with Crippen LogP contribution in [0.4, 0.5) is 0 Å². The van der Waals surface area contributed by atoms with Crippen LogP contribution in [0.1, 0.15) is 0 Å². The molecule has 0 aromatic heterocycles. The summed E-state index contributed by atoms with van der Waals surface area (Å²) in [5.41, 5.74) is 0.181. The van der Waals surface area contributed by atoms with E-state index in [1.165, 1.54) is 0 Å². The quantitative estimate of drug-likeness (QED) is 0.430. The maximum Gasteiger partial charge on any atom is 0.0515 e. The number of aliphatic hydroxyl groups is 1. The summed E-state index contributed by atoms with van der Waals surface area (Å²) in [5.74, 6) is 0.664. The molecule has 10 heavy (non-hydrogen) atoms. The van der Waals surface area contributed by atoms with Gasteiger partial charge in [0.25, 0.3) is 0 Å². The van der Waals surface area contributed by atoms with E-state index in [1.807, 2.05) is 0 Å². The van der Waals surface area contributed by atoms with Crippen LogP contribution in [0.15, 0.2) is 0 Å². The summed E-state index contributed by atoms with van der Waals surface area (Å²) in [6, 6.07) is 0. The van der Waals surface area contributed by atoms with Crippen molar-refractivity contribution >= 4 is 0 Å². The number of nitrogens with one attached hydrogen (secondary N) is 2. The zero-order valence-electron chi connectivity index (χ0n) is 6.06. The van der Waals surface area contributed by atoms with Crippen molar-refractivity contribution in [1.82, 2.24) is 10.6 Å². The Balaban J connectivity index is 2.15. The zero-order chi connectivity index (χ0) is 7.03. The molecule has 2 aliphatic rings. The lowest BCUT2D eigenvalue weighted by Gasteiger charge is -2.23. The first-order valence-electron chi connectivity index (χ1n) is 3.90. The summed E-state index contributed by atoms with van der Waals surface area (Å²) in [6.45, 7) is 4.46. The van der Waals surface area contributed by atoms with Gasteiger partial charge in [-0.3, -0.25) is 0 Å². The van der Waals surface area contributed by atoms with Gasteiger partial charge in [0.05, 0.1) is 6.61 Å². The highest BCUT2D eigenvalue weighted by molar-refractivity contribution is 5.01. The smallest absolute Gasteiger partial charge is 0.0515 e. The summed E-state index contributed by atoms with van der Waals surface area (Å²) < 4.78 is 0. The van der Waals surface area contributed by atoms with Crippen molar-refractivity contribution in [3.05, 3.63) is 0 Å². The van der Waals surface area contributed by atoms with Crippen LogP contribution in [0.5, 0.6) is 0 Å². The van der Waals surface area contributed by atoms with Gasteiger partial charge >= 0.3 is 0 Å². The van der Waals surface area contributed by atoms with E-state index < -0.39 is 0 Å². The van der Waals surface area contributed by atoms with E-state index in [0.717, 1.165) is 26.2 Å². The van der Waals surface area contributed by atoms with Crippen LogP contribution in [0.3, 0.4) is 0 Å². The highest BCUT2D eigenvalue weighted by Crippen LogP contribution is 2.33. The third kappa shape index (κ3) is 0.713. The Morgan fingerprint density at radius 3 is 2.30 bits per heavy atom. The van der Waals surface area contributed by atoms with Gasteiger partial charge in [-0.1, -0.05) is 0 Å². The Bertz CT molecular complexity index is 128. The van der Waals surface area contributed by atoms with E-state index in [2.05, 4.69) is 10.6 Å². The molecule has 2 fully saturated rings. The van der Waals surface area contributed by atoms with E-state index in [4.69, 9.17) is 5.11 Å². The second-order valence-electron chi connectivity index (χ2n) is 3.48. The van der Waals surface area contributed by atoms with Gasteiger partial charge < -0.3 is 15.7 Å². The lowest BCUT2D eigenvalue weighted by molar-refractivity contribution is 0.134. The van der Waals surface area contributed by atoms with Crippen LogP contribution in [-0.2, 0) is 0 Å². The summed E-state index contributed by atoms with van der Waals surface area (Å²) in [4.78, 5) is 0. The van der Waals surface area contributed by atoms with Gasteiger partial charge in [-0.15, -0.1) is 0 Å². The van der Waals surface area contributed by atoms with Gasteiger partial charge in [0.2, 0.25) is 0 Å². The van der Waals surface area contributed by atoms with E-state index >= 15 is 0 Å². The molecular weight excluding hydrogens is 128 g/mol. The molecule has 0 aliphatic carbocycles. The number of aliphatic hydroxyl groups excluding tert-OH is 1. The fourth-order valence-electron chi connectivity index (χ4n) is 2.09. The van der Waals surface area contributed by atoms with Gasteiger partial charge in [-0.2, -0.15) is 0 Å². The zero-order valence-corrected chi connectivity index (χ0v) is 6.06. The number of rotatable bonds is 1. The van der Waals surface area contributed by atoms with Crippen molar-refractivity contribution < 1.29 is 5.11 Å². The van der Waals surface area contributed by atoms with Crippen LogP contribution in [0, 0.1) is 11.3 Å². The van der Waals surface area contributed by atoms with Crippen LogP contribution in [0.2, 0.25) is 0 Å². The maximum absolute atomic E-state index is 9.15. The summed E-state index contributed by atoms with van der Waals surface area (Å²) in [5, 5.41) is 15.8. The molecule has 2 aliphatic heterocycles. The lowest BCUT2D eigenvalue weighted by Crippen LogP contribution is -2.34. The van der Waals surface area contributed by atoms with Gasteiger partial charge in [-0.25, -0.2) is 0 Å². The predicted octanol–water partition coefficient (Wildman–Crippen LogP) is -1.21. The highest BCUT2D eigenvalue weighted by Gasteiger charge is 2.45. The Morgan fingerprint density at radius 1 is 1.30 bits per heavy atom. The van der Waals surface area contributed by atoms with Crippen molar-refractivity contribution in [3.63, 3.8) is 0 Å². The van der Waals surface area contributed by atoms with Crippen molar-refractivity contribution in [2.24, 2.45) is 11.3 Å². The summed E-state index contributed by atoms with van der Waals surface area (Å²) >= 11 is 0. The van der Waals surface area contributed by atoms with Gasteiger partial charge in [0, 0.05) is 18.5 Å². The molecule has 3 heteroatoms. The Hall–Kier alpha value is -0.120. The van der Waals surface area contributed by atoms with Crippen LogP contribution in [0.25, 0.3) is 0 Å². The van der Waals surface area contributed by atoms with E-state index in [9.17, 15) is 0 Å². The molecule has 58 valence electrons. The fourth-order valence-corrected chi connectivity index (χ4v) is 2.09. The first-order valence-corrected chi connectivity index (χ1v) is 3.90. The Kier molecular flexibility index (Phi) is 1.44. The SMILES string of the molecule is OCC12CNCC1CNC2. The molecule has 0 aromatic carbocycles. The first kappa shape index (κ1) is 6.58. The molecule has 0 bridgehead atoms. The third-order valence-corrected chi connectivity index (χ3v) is 2.92. The minimum absolute atomic E-state index is 0.181. The molecule has 0 unspecified atom stereocenters. The maximum atomic E-state index is 9.15. The van der Waals surface area contributed by atoms with Crippen LogP contribution in [-0.4, -0.2) is 37.9 Å². The molecule has 0 amide bonds. The van der Waals surface area contributed by atoms with E-state index in [0.29, 0.717) is 12.5 Å². The molecule has 0 radical (unpaired) electrons. The van der Waals surface area contributed by atoms with Crippen molar-refractivity contribution in [3.8, 4) is 0 Å². The van der Waals surface area contributed by atoms with Crippen LogP contribution >= 0.6 is 0 Å². The molecule has 2 saturated heterocycles. The van der Waals surface area contributed by atoms with E-state index in [1.54, 1.807) is 0 Å². The molecule has 3 nitrogen and oxygen atoms in total. The predicted molar refractivity (Wildman–Crippen MR) is 38.7 cm³/mol. The molecule has 0 aromatic rings. The molecular formula is C7H14N2O. The minimum Gasteiger partial charge on any atom is -0.396 e. The number of hydrogen-bond donors (Lipinski definition) is 3. The highest BCUT2D eigenvalue weighted by atomic mass is 16.3. The van der Waals surface area contributed by atoms with Crippen molar-refractivity contribution in [2.45, 2.75) is 0 Å². The normalized spacial score (nSPS) is 45.9. The Labute approximate surface area is 60.8 Å². The second-order valence-corrected chi connectivity index (χ2v) is 3.48. The van der Waals surface area contributed by atoms with Crippen molar-refractivity contribution in [2.75, 3.05) is 32.8 Å². The molecule has 3 N–H and O–H groups in total. The third-order valence-electron chi connectivity index (χ3n) is 2.92. The summed E-state index contributed by atoms with van der Waals surface area (Å²) in [6.07, 6.45) is 0. The molecule has 2 heterocycles. The molecule has 0 saturated carbocycles. The minimum atomic E-state index is 0.181. The molecule has 0 spiro atoms. The van der Waals surface area contributed by atoms with Gasteiger partial charge in [0.1, 0.15) is 0 Å². The standard InChI is InChI=1S/C7H14N2O/c10-5-7-3-8-1-6(7)2-9-4-7/h6,8-10H,1-5H2. The first-order chi connectivity index (χ1) is 4.87.